The molecule has 0 bridgehead atoms. The van der Waals surface area contributed by atoms with Gasteiger partial charge in [0.15, 0.2) is 0 Å². The Morgan fingerprint density at radius 2 is 0.877 bits per heavy atom. The molecule has 0 spiro atoms. The third-order valence-electron chi connectivity index (χ3n) is 11.2. The van der Waals surface area contributed by atoms with Crippen LogP contribution in [0.25, 0.3) is 82.8 Å². The van der Waals surface area contributed by atoms with Crippen LogP contribution in [0.15, 0.2) is 223 Å². The molecule has 57 heavy (non-hydrogen) atoms. The maximum absolute atomic E-state index is 6.28. The third-order valence-corrected chi connectivity index (χ3v) is 11.2. The van der Waals surface area contributed by atoms with Gasteiger partial charge in [-0.3, -0.25) is 0 Å². The highest BCUT2D eigenvalue weighted by Crippen LogP contribution is 2.49. The normalized spacial score (nSPS) is 11.5. The van der Waals surface area contributed by atoms with Crippen molar-refractivity contribution in [2.24, 2.45) is 0 Å². The Labute approximate surface area is 330 Å². The lowest BCUT2D eigenvalue weighted by Gasteiger charge is -2.30. The van der Waals surface area contributed by atoms with Gasteiger partial charge < -0.3 is 13.9 Å². The Kier molecular flexibility index (Phi) is 7.82. The molecule has 0 N–H and O–H groups in total. The molecule has 0 unspecified atom stereocenters. The van der Waals surface area contributed by atoms with E-state index in [1.165, 1.54) is 27.4 Å². The molecular weight excluding hydrogens is 693 g/mol. The second-order valence-corrected chi connectivity index (χ2v) is 14.5. The maximum Gasteiger partial charge on any atom is 0.135 e. The van der Waals surface area contributed by atoms with Crippen LogP contribution in [0.2, 0.25) is 0 Å². The topological polar surface area (TPSA) is 21.3 Å². The Balaban J connectivity index is 1.21. The fourth-order valence-electron chi connectivity index (χ4n) is 8.65. The van der Waals surface area contributed by atoms with Crippen molar-refractivity contribution in [1.82, 2.24) is 4.57 Å². The largest absolute Gasteiger partial charge is 0.456 e. The van der Waals surface area contributed by atoms with Crippen LogP contribution in [0.1, 0.15) is 0 Å². The van der Waals surface area contributed by atoms with Crippen molar-refractivity contribution in [1.29, 1.82) is 0 Å². The zero-order valence-electron chi connectivity index (χ0n) is 31.1. The van der Waals surface area contributed by atoms with Gasteiger partial charge in [0.25, 0.3) is 0 Å². The molecule has 3 heteroatoms. The van der Waals surface area contributed by atoms with Gasteiger partial charge in [-0.15, -0.1) is 0 Å². The molecule has 0 saturated heterocycles. The first-order chi connectivity index (χ1) is 28.3. The van der Waals surface area contributed by atoms with E-state index in [1.54, 1.807) is 0 Å². The van der Waals surface area contributed by atoms with Crippen molar-refractivity contribution in [3.63, 3.8) is 0 Å². The Morgan fingerprint density at radius 3 is 1.67 bits per heavy atom. The summed E-state index contributed by atoms with van der Waals surface area (Å²) in [5.41, 5.74) is 15.4. The highest BCUT2D eigenvalue weighted by Gasteiger charge is 2.25. The minimum Gasteiger partial charge on any atom is -0.456 e. The number of hydrogen-bond acceptors (Lipinski definition) is 2. The number of para-hydroxylation sites is 5. The average Bonchev–Trinajstić information content (AvgIpc) is 3.83. The van der Waals surface area contributed by atoms with E-state index in [1.807, 2.05) is 12.1 Å². The summed E-state index contributed by atoms with van der Waals surface area (Å²) in [6.07, 6.45) is 0. The first-order valence-electron chi connectivity index (χ1n) is 19.4. The molecule has 2 heterocycles. The van der Waals surface area contributed by atoms with E-state index in [2.05, 4.69) is 216 Å². The summed E-state index contributed by atoms with van der Waals surface area (Å²) in [6.45, 7) is 0. The molecule has 0 radical (unpaired) electrons. The molecule has 0 aliphatic heterocycles. The van der Waals surface area contributed by atoms with Crippen LogP contribution in [0.3, 0.4) is 0 Å². The zero-order chi connectivity index (χ0) is 37.7. The number of fused-ring (bicyclic) bond motifs is 6. The van der Waals surface area contributed by atoms with Crippen LogP contribution in [0.5, 0.6) is 0 Å². The first kappa shape index (κ1) is 32.8. The lowest BCUT2D eigenvalue weighted by atomic mass is 9.95. The third kappa shape index (κ3) is 5.51. The second kappa shape index (κ2) is 13.6. The predicted octanol–water partition coefficient (Wildman–Crippen LogP) is 15.2. The van der Waals surface area contributed by atoms with Gasteiger partial charge in [0.2, 0.25) is 0 Å². The molecule has 268 valence electrons. The predicted molar refractivity (Wildman–Crippen MR) is 239 cm³/mol. The van der Waals surface area contributed by atoms with Gasteiger partial charge in [0, 0.05) is 38.4 Å². The number of anilines is 3. The lowest BCUT2D eigenvalue weighted by Crippen LogP contribution is -2.13. The van der Waals surface area contributed by atoms with Crippen LogP contribution >= 0.6 is 0 Å². The number of nitrogens with zero attached hydrogens (tertiary/aromatic N) is 2. The van der Waals surface area contributed by atoms with Crippen molar-refractivity contribution in [2.75, 3.05) is 4.90 Å². The average molecular weight is 729 g/mol. The van der Waals surface area contributed by atoms with Crippen molar-refractivity contribution in [3.8, 4) is 39.1 Å². The van der Waals surface area contributed by atoms with Crippen LogP contribution in [0, 0.1) is 0 Å². The van der Waals surface area contributed by atoms with Gasteiger partial charge in [0.05, 0.1) is 28.1 Å². The quantitative estimate of drug-likeness (QED) is 0.163. The number of aromatic nitrogens is 1. The van der Waals surface area contributed by atoms with Gasteiger partial charge in [-0.2, -0.15) is 0 Å². The standard InChI is InChI=1S/C54H36N2O/c1-3-17-37(18-4-1)38-19-15-20-39(35-38)42-23-7-11-27-47(42)56(48-28-12-8-24-43(48)40-33-34-53-46(36-40)44-25-10-14-32-52(44)57-53)51-31-16-30-50-54(51)45-26-9-13-29-49(45)55(50)41-21-5-2-6-22-41/h1-36H. The molecule has 11 rings (SSSR count). The number of rotatable bonds is 7. The van der Waals surface area contributed by atoms with E-state index in [4.69, 9.17) is 4.42 Å². The van der Waals surface area contributed by atoms with Crippen LogP contribution in [-0.2, 0) is 0 Å². The summed E-state index contributed by atoms with van der Waals surface area (Å²) in [7, 11) is 0. The SMILES string of the molecule is c1ccc(-c2cccc(-c3ccccc3N(c3ccccc3-c3ccc4oc5ccccc5c4c3)c3cccc4c3c3ccccc3n4-c3ccccc3)c2)cc1. The van der Waals surface area contributed by atoms with Crippen molar-refractivity contribution >= 4 is 60.8 Å². The monoisotopic (exact) mass is 728 g/mol. The van der Waals surface area contributed by atoms with Gasteiger partial charge in [-0.05, 0) is 89.0 Å². The van der Waals surface area contributed by atoms with E-state index in [0.29, 0.717) is 0 Å². The first-order valence-corrected chi connectivity index (χ1v) is 19.4. The van der Waals surface area contributed by atoms with Gasteiger partial charge in [0.1, 0.15) is 11.2 Å². The number of hydrogen-bond donors (Lipinski definition) is 0. The lowest BCUT2D eigenvalue weighted by molar-refractivity contribution is 0.669. The summed E-state index contributed by atoms with van der Waals surface area (Å²) in [5.74, 6) is 0. The zero-order valence-corrected chi connectivity index (χ0v) is 31.1. The van der Waals surface area contributed by atoms with E-state index < -0.39 is 0 Å². The highest BCUT2D eigenvalue weighted by atomic mass is 16.3. The molecule has 0 amide bonds. The highest BCUT2D eigenvalue weighted by molar-refractivity contribution is 6.17. The van der Waals surface area contributed by atoms with E-state index >= 15 is 0 Å². The van der Waals surface area contributed by atoms with Gasteiger partial charge in [-0.25, -0.2) is 0 Å². The molecule has 11 aromatic rings. The Hall–Kier alpha value is -7.62. The van der Waals surface area contributed by atoms with Crippen molar-refractivity contribution < 1.29 is 4.42 Å². The van der Waals surface area contributed by atoms with Crippen LogP contribution in [-0.4, -0.2) is 4.57 Å². The van der Waals surface area contributed by atoms with Gasteiger partial charge >= 0.3 is 0 Å². The van der Waals surface area contributed by atoms with E-state index in [-0.39, 0.29) is 0 Å². The van der Waals surface area contributed by atoms with E-state index in [9.17, 15) is 0 Å². The molecule has 9 aromatic carbocycles. The fraction of sp³-hybridized carbons (Fsp3) is 0. The van der Waals surface area contributed by atoms with Crippen molar-refractivity contribution in [3.05, 3.63) is 218 Å². The maximum atomic E-state index is 6.28. The molecule has 0 aliphatic rings. The Bertz CT molecular complexity index is 3250. The molecular formula is C54H36N2O. The molecule has 0 aliphatic carbocycles. The summed E-state index contributed by atoms with van der Waals surface area (Å²) in [4.78, 5) is 2.49. The summed E-state index contributed by atoms with van der Waals surface area (Å²) < 4.78 is 8.68. The molecule has 0 saturated carbocycles. The smallest absolute Gasteiger partial charge is 0.135 e. The fourth-order valence-corrected chi connectivity index (χ4v) is 8.65. The summed E-state index contributed by atoms with van der Waals surface area (Å²) in [6, 6.07) is 78.3. The molecule has 3 nitrogen and oxygen atoms in total. The van der Waals surface area contributed by atoms with Crippen LogP contribution < -0.4 is 4.90 Å². The summed E-state index contributed by atoms with van der Waals surface area (Å²) >= 11 is 0. The molecule has 0 atom stereocenters. The Morgan fingerprint density at radius 1 is 0.333 bits per heavy atom. The number of benzene rings is 9. The van der Waals surface area contributed by atoms with Gasteiger partial charge in [-0.1, -0.05) is 152 Å². The van der Waals surface area contributed by atoms with E-state index in [0.717, 1.165) is 72.5 Å². The minimum absolute atomic E-state index is 0.886. The van der Waals surface area contributed by atoms with Crippen LogP contribution in [0.4, 0.5) is 17.1 Å². The molecule has 0 fully saturated rings. The molecule has 2 aromatic heterocycles. The van der Waals surface area contributed by atoms with Crippen molar-refractivity contribution in [2.45, 2.75) is 0 Å². The minimum atomic E-state index is 0.886. The number of furan rings is 1. The summed E-state index contributed by atoms with van der Waals surface area (Å²) in [5, 5.41) is 4.61. The second-order valence-electron chi connectivity index (χ2n) is 14.5.